The number of nitrogens with zero attached hydrogens (tertiary/aromatic N) is 1. The Balaban J connectivity index is 1.40. The molecule has 2 aromatic heterocycles. The molecule has 0 unspecified atom stereocenters. The zero-order valence-corrected chi connectivity index (χ0v) is 18.0. The van der Waals surface area contributed by atoms with Crippen molar-refractivity contribution in [2.45, 2.75) is 13.2 Å². The van der Waals surface area contributed by atoms with Crippen LogP contribution in [0.1, 0.15) is 21.9 Å². The lowest BCUT2D eigenvalue weighted by Gasteiger charge is -2.08. The number of esters is 1. The number of aromatic nitrogens is 2. The number of carbonyl (C=O) groups is 1. The minimum atomic E-state index is -0.688. The molecular formula is C25H17ClN2O5. The van der Waals surface area contributed by atoms with Crippen LogP contribution in [0.2, 0.25) is 5.02 Å². The first-order chi connectivity index (χ1) is 16.1. The highest BCUT2D eigenvalue weighted by atomic mass is 35.5. The Hall–Kier alpha value is -4.10. The molecule has 0 saturated heterocycles. The summed E-state index contributed by atoms with van der Waals surface area (Å²) in [5.74, 6) is 0.213. The summed E-state index contributed by atoms with van der Waals surface area (Å²) in [5, 5.41) is 1.60. The molecule has 2 heterocycles. The molecular weight excluding hydrogens is 444 g/mol. The SMILES string of the molecule is O=C(OCc1nc2cc(Cl)ccc2c(=O)[nH]1)c1oc2ccccc2c1COc1ccccc1. The summed E-state index contributed by atoms with van der Waals surface area (Å²) >= 11 is 6.00. The Morgan fingerprint density at radius 3 is 2.61 bits per heavy atom. The summed E-state index contributed by atoms with van der Waals surface area (Å²) < 4.78 is 17.0. The minimum absolute atomic E-state index is 0.0401. The van der Waals surface area contributed by atoms with Crippen LogP contribution < -0.4 is 10.3 Å². The van der Waals surface area contributed by atoms with Crippen LogP contribution in [0.3, 0.4) is 0 Å². The topological polar surface area (TPSA) is 94.4 Å². The third kappa shape index (κ3) is 4.31. The number of aromatic amines is 1. The molecule has 1 N–H and O–H groups in total. The van der Waals surface area contributed by atoms with E-state index in [0.29, 0.717) is 32.8 Å². The van der Waals surface area contributed by atoms with Gasteiger partial charge in [0.25, 0.3) is 5.56 Å². The molecule has 0 radical (unpaired) electrons. The first kappa shape index (κ1) is 20.8. The van der Waals surface area contributed by atoms with E-state index in [1.165, 1.54) is 0 Å². The third-order valence-electron chi connectivity index (χ3n) is 5.07. The Morgan fingerprint density at radius 1 is 0.970 bits per heavy atom. The van der Waals surface area contributed by atoms with E-state index < -0.39 is 5.97 Å². The van der Waals surface area contributed by atoms with Crippen LogP contribution in [0.5, 0.6) is 5.75 Å². The number of ether oxygens (including phenoxy) is 2. The molecule has 164 valence electrons. The van der Waals surface area contributed by atoms with E-state index in [1.54, 1.807) is 24.3 Å². The second-order valence-electron chi connectivity index (χ2n) is 7.26. The highest BCUT2D eigenvalue weighted by Gasteiger charge is 2.23. The predicted molar refractivity (Wildman–Crippen MR) is 123 cm³/mol. The molecule has 0 amide bonds. The van der Waals surface area contributed by atoms with Crippen LogP contribution >= 0.6 is 11.6 Å². The fourth-order valence-electron chi connectivity index (χ4n) is 3.51. The second kappa shape index (κ2) is 8.80. The molecule has 0 aliphatic heterocycles. The van der Waals surface area contributed by atoms with Gasteiger partial charge in [-0.3, -0.25) is 4.79 Å². The number of hydrogen-bond acceptors (Lipinski definition) is 6. The molecule has 0 aliphatic carbocycles. The van der Waals surface area contributed by atoms with E-state index in [9.17, 15) is 9.59 Å². The summed E-state index contributed by atoms with van der Waals surface area (Å²) in [5.41, 5.74) is 1.19. The molecule has 0 bridgehead atoms. The molecule has 5 aromatic rings. The first-order valence-electron chi connectivity index (χ1n) is 10.1. The van der Waals surface area contributed by atoms with Gasteiger partial charge in [0.2, 0.25) is 5.76 Å². The number of furan rings is 1. The number of carbonyl (C=O) groups excluding carboxylic acids is 1. The quantitative estimate of drug-likeness (QED) is 0.347. The first-order valence-corrected chi connectivity index (χ1v) is 10.5. The van der Waals surface area contributed by atoms with E-state index in [1.807, 2.05) is 48.5 Å². The number of hydrogen-bond donors (Lipinski definition) is 1. The summed E-state index contributed by atoms with van der Waals surface area (Å²) in [4.78, 5) is 32.2. The van der Waals surface area contributed by atoms with Crippen molar-refractivity contribution in [1.82, 2.24) is 9.97 Å². The molecule has 3 aromatic carbocycles. The Kier molecular flexibility index (Phi) is 5.54. The second-order valence-corrected chi connectivity index (χ2v) is 7.69. The lowest BCUT2D eigenvalue weighted by atomic mass is 10.1. The molecule has 0 spiro atoms. The predicted octanol–water partition coefficient (Wildman–Crippen LogP) is 5.26. The van der Waals surface area contributed by atoms with Gasteiger partial charge in [-0.05, 0) is 36.4 Å². The Morgan fingerprint density at radius 2 is 1.76 bits per heavy atom. The van der Waals surface area contributed by atoms with Gasteiger partial charge in [0.15, 0.2) is 0 Å². The maximum absolute atomic E-state index is 12.9. The molecule has 0 fully saturated rings. The van der Waals surface area contributed by atoms with E-state index in [4.69, 9.17) is 25.5 Å². The fraction of sp³-hybridized carbons (Fsp3) is 0.0800. The molecule has 0 aliphatic rings. The molecule has 0 atom stereocenters. The van der Waals surface area contributed by atoms with Crippen LogP contribution in [-0.4, -0.2) is 15.9 Å². The lowest BCUT2D eigenvalue weighted by molar-refractivity contribution is 0.0424. The van der Waals surface area contributed by atoms with Crippen molar-refractivity contribution >= 4 is 39.4 Å². The maximum Gasteiger partial charge on any atom is 0.375 e. The van der Waals surface area contributed by atoms with Crippen LogP contribution in [0.25, 0.3) is 21.9 Å². The van der Waals surface area contributed by atoms with Crippen molar-refractivity contribution < 1.29 is 18.7 Å². The number of para-hydroxylation sites is 2. The summed E-state index contributed by atoms with van der Waals surface area (Å²) in [6.07, 6.45) is 0. The Bertz CT molecular complexity index is 1520. The summed E-state index contributed by atoms with van der Waals surface area (Å²) in [7, 11) is 0. The van der Waals surface area contributed by atoms with Crippen molar-refractivity contribution in [3.05, 3.63) is 105 Å². The number of H-pyrrole nitrogens is 1. The van der Waals surface area contributed by atoms with Crippen LogP contribution in [0, 0.1) is 0 Å². The van der Waals surface area contributed by atoms with Crippen molar-refractivity contribution in [3.8, 4) is 5.75 Å². The molecule has 33 heavy (non-hydrogen) atoms. The van der Waals surface area contributed by atoms with Gasteiger partial charge in [0.05, 0.1) is 16.5 Å². The van der Waals surface area contributed by atoms with Gasteiger partial charge >= 0.3 is 5.97 Å². The van der Waals surface area contributed by atoms with Gasteiger partial charge in [-0.1, -0.05) is 48.0 Å². The number of nitrogens with one attached hydrogen (secondary N) is 1. The third-order valence-corrected chi connectivity index (χ3v) is 5.30. The van der Waals surface area contributed by atoms with Crippen LogP contribution in [-0.2, 0) is 18.0 Å². The Labute approximate surface area is 192 Å². The van der Waals surface area contributed by atoms with E-state index in [2.05, 4.69) is 9.97 Å². The van der Waals surface area contributed by atoms with Crippen molar-refractivity contribution in [2.24, 2.45) is 0 Å². The maximum atomic E-state index is 12.9. The van der Waals surface area contributed by atoms with Gasteiger partial charge in [0, 0.05) is 10.4 Å². The zero-order chi connectivity index (χ0) is 22.8. The smallest absolute Gasteiger partial charge is 0.375 e. The highest BCUT2D eigenvalue weighted by molar-refractivity contribution is 6.31. The summed E-state index contributed by atoms with van der Waals surface area (Å²) in [6, 6.07) is 21.3. The van der Waals surface area contributed by atoms with Crippen molar-refractivity contribution in [1.29, 1.82) is 0 Å². The highest BCUT2D eigenvalue weighted by Crippen LogP contribution is 2.28. The number of benzene rings is 3. The molecule has 8 heteroatoms. The fourth-order valence-corrected chi connectivity index (χ4v) is 3.67. The van der Waals surface area contributed by atoms with E-state index >= 15 is 0 Å². The standard InChI is InChI=1S/C25H17ClN2O5/c26-15-10-11-18-20(12-15)27-22(28-24(18)29)14-32-25(30)23-19(13-31-16-6-2-1-3-7-16)17-8-4-5-9-21(17)33-23/h1-12H,13-14H2,(H,27,28,29). The van der Waals surface area contributed by atoms with Crippen LogP contribution in [0.4, 0.5) is 0 Å². The molecule has 0 saturated carbocycles. The monoisotopic (exact) mass is 460 g/mol. The number of halogens is 1. The van der Waals surface area contributed by atoms with Crippen LogP contribution in [0.15, 0.2) is 82.0 Å². The summed E-state index contributed by atoms with van der Waals surface area (Å²) in [6.45, 7) is -0.123. The molecule has 5 rings (SSSR count). The van der Waals surface area contributed by atoms with Crippen molar-refractivity contribution in [3.63, 3.8) is 0 Å². The van der Waals surface area contributed by atoms with Gasteiger partial charge in [0.1, 0.15) is 30.4 Å². The molecule has 7 nitrogen and oxygen atoms in total. The minimum Gasteiger partial charge on any atom is -0.489 e. The average Bonchev–Trinajstić information content (AvgIpc) is 3.20. The van der Waals surface area contributed by atoms with E-state index in [-0.39, 0.29) is 30.4 Å². The number of fused-ring (bicyclic) bond motifs is 2. The normalized spacial score (nSPS) is 11.1. The van der Waals surface area contributed by atoms with Gasteiger partial charge in [-0.2, -0.15) is 0 Å². The van der Waals surface area contributed by atoms with Gasteiger partial charge in [-0.15, -0.1) is 0 Å². The van der Waals surface area contributed by atoms with Gasteiger partial charge in [-0.25, -0.2) is 9.78 Å². The average molecular weight is 461 g/mol. The number of rotatable bonds is 6. The largest absolute Gasteiger partial charge is 0.489 e. The zero-order valence-electron chi connectivity index (χ0n) is 17.2. The van der Waals surface area contributed by atoms with E-state index in [0.717, 1.165) is 5.39 Å². The lowest BCUT2D eigenvalue weighted by Crippen LogP contribution is -2.15. The van der Waals surface area contributed by atoms with Gasteiger partial charge < -0.3 is 18.9 Å². The van der Waals surface area contributed by atoms with Crippen molar-refractivity contribution in [2.75, 3.05) is 0 Å².